The highest BCUT2D eigenvalue weighted by atomic mass is 16.5. The Morgan fingerprint density at radius 3 is 2.70 bits per heavy atom. The highest BCUT2D eigenvalue weighted by Gasteiger charge is 2.10. The molecule has 0 spiro atoms. The van der Waals surface area contributed by atoms with Crippen LogP contribution in [0.1, 0.15) is 5.69 Å². The molecule has 0 atom stereocenters. The fourth-order valence-corrected chi connectivity index (χ4v) is 2.25. The average molecular weight is 270 g/mol. The summed E-state index contributed by atoms with van der Waals surface area (Å²) in [5.41, 5.74) is 8.59. The Morgan fingerprint density at radius 1 is 1.30 bits per heavy atom. The number of imidazole rings is 1. The van der Waals surface area contributed by atoms with Crippen LogP contribution in [0.5, 0.6) is 0 Å². The van der Waals surface area contributed by atoms with Gasteiger partial charge in [-0.25, -0.2) is 4.79 Å². The maximum atomic E-state index is 12.1. The number of benzene rings is 1. The Hall–Kier alpha value is -2.76. The third-order valence-electron chi connectivity index (χ3n) is 3.15. The van der Waals surface area contributed by atoms with Gasteiger partial charge >= 0.3 is 5.69 Å². The van der Waals surface area contributed by atoms with Crippen molar-refractivity contribution in [2.24, 2.45) is 7.05 Å². The molecule has 0 saturated carbocycles. The third kappa shape index (κ3) is 1.91. The number of nitrogens with two attached hydrogens (primary N) is 1. The van der Waals surface area contributed by atoms with Gasteiger partial charge in [0.15, 0.2) is 0 Å². The van der Waals surface area contributed by atoms with E-state index >= 15 is 0 Å². The number of hydrogen-bond donors (Lipinski definition) is 1. The maximum absolute atomic E-state index is 12.1. The van der Waals surface area contributed by atoms with E-state index in [0.29, 0.717) is 5.69 Å². The molecule has 3 rings (SSSR count). The Labute approximate surface area is 115 Å². The molecule has 2 aromatic heterocycles. The second-order valence-corrected chi connectivity index (χ2v) is 4.66. The van der Waals surface area contributed by atoms with Crippen LogP contribution in [-0.4, -0.2) is 14.3 Å². The third-order valence-corrected chi connectivity index (χ3v) is 3.15. The Morgan fingerprint density at radius 2 is 2.10 bits per heavy atom. The zero-order valence-electron chi connectivity index (χ0n) is 11.2. The van der Waals surface area contributed by atoms with Crippen LogP contribution in [0.15, 0.2) is 45.8 Å². The average Bonchev–Trinajstić information content (AvgIpc) is 2.95. The van der Waals surface area contributed by atoms with Crippen LogP contribution in [0, 0.1) is 6.92 Å². The van der Waals surface area contributed by atoms with Crippen molar-refractivity contribution in [3.05, 3.63) is 52.7 Å². The zero-order valence-corrected chi connectivity index (χ0v) is 11.2. The Bertz CT molecular complexity index is 826. The van der Waals surface area contributed by atoms with E-state index in [9.17, 15) is 4.79 Å². The summed E-state index contributed by atoms with van der Waals surface area (Å²) in [6.45, 7) is 1.89. The number of nitrogens with zero attached hydrogens (tertiary/aromatic N) is 3. The summed E-state index contributed by atoms with van der Waals surface area (Å²) in [5.74, 6) is 0.262. The van der Waals surface area contributed by atoms with Crippen molar-refractivity contribution in [2.75, 3.05) is 5.73 Å². The molecule has 0 unspecified atom stereocenters. The quantitative estimate of drug-likeness (QED) is 0.769. The van der Waals surface area contributed by atoms with E-state index in [4.69, 9.17) is 10.3 Å². The standard InChI is InChI=1S/C14H14N4O2/c1-9-8-17(2)14(19)18(9)11-5-3-4-10(6-11)12-7-13(15)20-16-12/h3-8H,15H2,1-2H3. The second kappa shape index (κ2) is 4.41. The first-order valence-corrected chi connectivity index (χ1v) is 6.14. The van der Waals surface area contributed by atoms with Gasteiger partial charge in [0.1, 0.15) is 5.69 Å². The van der Waals surface area contributed by atoms with E-state index < -0.39 is 0 Å². The van der Waals surface area contributed by atoms with E-state index in [2.05, 4.69) is 5.16 Å². The van der Waals surface area contributed by atoms with E-state index in [-0.39, 0.29) is 11.6 Å². The van der Waals surface area contributed by atoms with Gasteiger partial charge in [-0.05, 0) is 19.1 Å². The first kappa shape index (κ1) is 12.3. The first-order chi connectivity index (χ1) is 9.56. The van der Waals surface area contributed by atoms with E-state index in [1.54, 1.807) is 28.4 Å². The van der Waals surface area contributed by atoms with Crippen molar-refractivity contribution in [1.82, 2.24) is 14.3 Å². The van der Waals surface area contributed by atoms with Crippen LogP contribution in [0.2, 0.25) is 0 Å². The van der Waals surface area contributed by atoms with Crippen LogP contribution in [-0.2, 0) is 7.05 Å². The van der Waals surface area contributed by atoms with Crippen LogP contribution in [0.4, 0.5) is 5.88 Å². The number of aromatic nitrogens is 3. The molecule has 1 aromatic carbocycles. The Balaban J connectivity index is 2.14. The predicted octanol–water partition coefficient (Wildman–Crippen LogP) is 1.72. The maximum Gasteiger partial charge on any atom is 0.332 e. The lowest BCUT2D eigenvalue weighted by Gasteiger charge is -2.05. The van der Waals surface area contributed by atoms with Crippen molar-refractivity contribution >= 4 is 5.88 Å². The lowest BCUT2D eigenvalue weighted by Crippen LogP contribution is -2.21. The molecule has 6 nitrogen and oxygen atoms in total. The number of anilines is 1. The lowest BCUT2D eigenvalue weighted by molar-refractivity contribution is 0.439. The van der Waals surface area contributed by atoms with Gasteiger partial charge < -0.3 is 14.8 Å². The van der Waals surface area contributed by atoms with E-state index in [1.165, 1.54) is 0 Å². The second-order valence-electron chi connectivity index (χ2n) is 4.66. The molecule has 102 valence electrons. The molecular weight excluding hydrogens is 256 g/mol. The molecule has 0 fully saturated rings. The van der Waals surface area contributed by atoms with Crippen molar-refractivity contribution in [1.29, 1.82) is 0 Å². The largest absolute Gasteiger partial charge is 0.368 e. The van der Waals surface area contributed by atoms with E-state index in [1.807, 2.05) is 31.2 Å². The predicted molar refractivity (Wildman–Crippen MR) is 75.7 cm³/mol. The van der Waals surface area contributed by atoms with Gasteiger partial charge in [0.05, 0.1) is 5.69 Å². The van der Waals surface area contributed by atoms with Crippen molar-refractivity contribution in [2.45, 2.75) is 6.92 Å². The Kier molecular flexibility index (Phi) is 2.71. The molecule has 0 radical (unpaired) electrons. The highest BCUT2D eigenvalue weighted by Crippen LogP contribution is 2.22. The summed E-state index contributed by atoms with van der Waals surface area (Å²) in [7, 11) is 1.73. The minimum absolute atomic E-state index is 0.0840. The fourth-order valence-electron chi connectivity index (χ4n) is 2.25. The molecule has 0 aliphatic carbocycles. The van der Waals surface area contributed by atoms with Gasteiger partial charge in [-0.2, -0.15) is 0 Å². The first-order valence-electron chi connectivity index (χ1n) is 6.14. The van der Waals surface area contributed by atoms with Crippen molar-refractivity contribution in [3.8, 4) is 16.9 Å². The topological polar surface area (TPSA) is 79.0 Å². The summed E-state index contributed by atoms with van der Waals surface area (Å²) >= 11 is 0. The van der Waals surface area contributed by atoms with Crippen LogP contribution >= 0.6 is 0 Å². The number of aryl methyl sites for hydroxylation is 2. The minimum atomic E-state index is -0.0840. The normalized spacial score (nSPS) is 10.9. The van der Waals surface area contributed by atoms with Gasteiger partial charge in [0, 0.05) is 30.6 Å². The van der Waals surface area contributed by atoms with Crippen LogP contribution in [0.3, 0.4) is 0 Å². The van der Waals surface area contributed by atoms with Gasteiger partial charge in [-0.3, -0.25) is 4.57 Å². The molecular formula is C14H14N4O2. The summed E-state index contributed by atoms with van der Waals surface area (Å²) in [4.78, 5) is 12.1. The van der Waals surface area contributed by atoms with Crippen molar-refractivity contribution < 1.29 is 4.52 Å². The molecule has 6 heteroatoms. The van der Waals surface area contributed by atoms with Crippen molar-refractivity contribution in [3.63, 3.8) is 0 Å². The summed E-state index contributed by atoms with van der Waals surface area (Å²) < 4.78 is 8.07. The fraction of sp³-hybridized carbons (Fsp3) is 0.143. The summed E-state index contributed by atoms with van der Waals surface area (Å²) in [6.07, 6.45) is 1.79. The van der Waals surface area contributed by atoms with E-state index in [0.717, 1.165) is 16.9 Å². The van der Waals surface area contributed by atoms with Gasteiger partial charge in [-0.15, -0.1) is 0 Å². The number of nitrogen functional groups attached to an aromatic ring is 1. The molecule has 0 amide bonds. The number of hydrogen-bond acceptors (Lipinski definition) is 4. The van der Waals surface area contributed by atoms with Gasteiger partial charge in [-0.1, -0.05) is 17.3 Å². The molecule has 0 saturated heterocycles. The van der Waals surface area contributed by atoms with Gasteiger partial charge in [0.2, 0.25) is 5.88 Å². The molecule has 2 N–H and O–H groups in total. The smallest absolute Gasteiger partial charge is 0.332 e. The monoisotopic (exact) mass is 270 g/mol. The molecule has 0 bridgehead atoms. The molecule has 0 aliphatic rings. The molecule has 2 heterocycles. The SMILES string of the molecule is Cc1cn(C)c(=O)n1-c1cccc(-c2cc(N)on2)c1. The molecule has 3 aromatic rings. The van der Waals surface area contributed by atoms with Crippen LogP contribution < -0.4 is 11.4 Å². The minimum Gasteiger partial charge on any atom is -0.368 e. The summed E-state index contributed by atoms with van der Waals surface area (Å²) in [6, 6.07) is 9.17. The van der Waals surface area contributed by atoms with Crippen LogP contribution in [0.25, 0.3) is 16.9 Å². The highest BCUT2D eigenvalue weighted by molar-refractivity contribution is 5.64. The lowest BCUT2D eigenvalue weighted by atomic mass is 10.1. The summed E-state index contributed by atoms with van der Waals surface area (Å²) in [5, 5.41) is 3.88. The molecule has 20 heavy (non-hydrogen) atoms. The molecule has 0 aliphatic heterocycles. The number of rotatable bonds is 2. The van der Waals surface area contributed by atoms with Gasteiger partial charge in [0.25, 0.3) is 0 Å². The zero-order chi connectivity index (χ0) is 14.3.